The summed E-state index contributed by atoms with van der Waals surface area (Å²) in [5, 5.41) is 18.1. The first-order valence-electron chi connectivity index (χ1n) is 13.0. The summed E-state index contributed by atoms with van der Waals surface area (Å²) in [6.07, 6.45) is 10.9. The van der Waals surface area contributed by atoms with Crippen LogP contribution in [0, 0.1) is 23.7 Å². The number of urea groups is 1. The third kappa shape index (κ3) is 3.29. The number of amides is 2. The summed E-state index contributed by atoms with van der Waals surface area (Å²) >= 11 is 0. The molecule has 2 aromatic rings. The Morgan fingerprint density at radius 1 is 1.06 bits per heavy atom. The van der Waals surface area contributed by atoms with Gasteiger partial charge in [-0.1, -0.05) is 24.3 Å². The molecular weight excluding hydrogens is 412 g/mol. The van der Waals surface area contributed by atoms with E-state index in [4.69, 9.17) is 0 Å². The molecule has 1 aliphatic heterocycles. The fourth-order valence-corrected chi connectivity index (χ4v) is 8.71. The van der Waals surface area contributed by atoms with E-state index < -0.39 is 0 Å². The van der Waals surface area contributed by atoms with E-state index in [1.54, 1.807) is 0 Å². The molecule has 7 heteroatoms. The fourth-order valence-electron chi connectivity index (χ4n) is 8.71. The number of H-pyrrole nitrogens is 1. The standard InChI is InChI=1S/C26H34N6O/c33-25(27-24-18-10-16-9-17(12-18)13-19(24)11-16)32-7-5-26(6-8-32)15-20(14-23-28-30-31-29-23)21-3-1-2-4-22(21)26/h1-4,16-20,24H,5-15H2,(H,27,33)(H,28,29,30,31). The average molecular weight is 447 g/mol. The Kier molecular flexibility index (Phi) is 4.56. The first-order chi connectivity index (χ1) is 16.2. The van der Waals surface area contributed by atoms with E-state index in [9.17, 15) is 4.79 Å². The molecule has 0 radical (unpaired) electrons. The Balaban J connectivity index is 1.03. The topological polar surface area (TPSA) is 86.8 Å². The lowest BCUT2D eigenvalue weighted by atomic mass is 9.54. The predicted octanol–water partition coefficient (Wildman–Crippen LogP) is 3.80. The van der Waals surface area contributed by atoms with Crippen molar-refractivity contribution in [2.24, 2.45) is 23.7 Å². The van der Waals surface area contributed by atoms with Crippen molar-refractivity contribution in [3.63, 3.8) is 0 Å². The van der Waals surface area contributed by atoms with Crippen molar-refractivity contribution in [3.8, 4) is 0 Å². The van der Waals surface area contributed by atoms with Gasteiger partial charge in [0.1, 0.15) is 5.82 Å². The van der Waals surface area contributed by atoms with Gasteiger partial charge in [0.05, 0.1) is 0 Å². The minimum Gasteiger partial charge on any atom is -0.335 e. The van der Waals surface area contributed by atoms with Crippen LogP contribution in [0.15, 0.2) is 24.3 Å². The van der Waals surface area contributed by atoms with Crippen molar-refractivity contribution in [2.75, 3.05) is 13.1 Å². The highest BCUT2D eigenvalue weighted by Crippen LogP contribution is 2.54. The molecule has 5 fully saturated rings. The van der Waals surface area contributed by atoms with Crippen molar-refractivity contribution in [1.29, 1.82) is 0 Å². The lowest BCUT2D eigenvalue weighted by molar-refractivity contribution is -0.0115. The highest BCUT2D eigenvalue weighted by Gasteiger charge is 2.50. The number of benzene rings is 1. The van der Waals surface area contributed by atoms with Gasteiger partial charge in [-0.05, 0) is 108 Å². The minimum atomic E-state index is 0.175. The van der Waals surface area contributed by atoms with E-state index in [1.807, 2.05) is 0 Å². The van der Waals surface area contributed by atoms with Gasteiger partial charge in [-0.15, -0.1) is 5.10 Å². The van der Waals surface area contributed by atoms with Crippen molar-refractivity contribution in [3.05, 3.63) is 41.2 Å². The Morgan fingerprint density at radius 2 is 1.79 bits per heavy atom. The van der Waals surface area contributed by atoms with Gasteiger partial charge < -0.3 is 10.2 Å². The van der Waals surface area contributed by atoms with Crippen LogP contribution in [0.2, 0.25) is 0 Å². The summed E-state index contributed by atoms with van der Waals surface area (Å²) < 4.78 is 0. The highest BCUT2D eigenvalue weighted by atomic mass is 16.2. The number of nitrogens with zero attached hydrogens (tertiary/aromatic N) is 4. The minimum absolute atomic E-state index is 0.175. The van der Waals surface area contributed by atoms with Gasteiger partial charge in [-0.3, -0.25) is 0 Å². The fraction of sp³-hybridized carbons (Fsp3) is 0.692. The van der Waals surface area contributed by atoms with E-state index >= 15 is 0 Å². The van der Waals surface area contributed by atoms with E-state index in [0.717, 1.165) is 68.3 Å². The monoisotopic (exact) mass is 446 g/mol. The van der Waals surface area contributed by atoms with Crippen molar-refractivity contribution < 1.29 is 4.79 Å². The number of rotatable bonds is 3. The molecule has 8 rings (SSSR count). The van der Waals surface area contributed by atoms with Crippen LogP contribution in [0.1, 0.15) is 74.2 Å². The SMILES string of the molecule is O=C(NC1C2CC3CC(C2)CC1C3)N1CCC2(CC1)CC(Cc1nnn[nH]1)c1ccccc12. The summed E-state index contributed by atoms with van der Waals surface area (Å²) in [6, 6.07) is 9.54. The lowest BCUT2D eigenvalue weighted by Gasteiger charge is -2.54. The van der Waals surface area contributed by atoms with Gasteiger partial charge in [0, 0.05) is 25.6 Å². The zero-order valence-corrected chi connectivity index (χ0v) is 19.2. The summed E-state index contributed by atoms with van der Waals surface area (Å²) in [7, 11) is 0. The molecule has 1 unspecified atom stereocenters. The van der Waals surface area contributed by atoms with Crippen LogP contribution >= 0.6 is 0 Å². The second-order valence-corrected chi connectivity index (χ2v) is 11.7. The third-order valence-corrected chi connectivity index (χ3v) is 9.96. The number of carbonyl (C=O) groups excluding carboxylic acids is 1. The van der Waals surface area contributed by atoms with Gasteiger partial charge in [-0.25, -0.2) is 9.89 Å². The summed E-state index contributed by atoms with van der Waals surface area (Å²) in [4.78, 5) is 15.4. The van der Waals surface area contributed by atoms with Crippen molar-refractivity contribution in [1.82, 2.24) is 30.8 Å². The molecular formula is C26H34N6O. The highest BCUT2D eigenvalue weighted by molar-refractivity contribution is 5.75. The lowest BCUT2D eigenvalue weighted by Crippen LogP contribution is -2.59. The van der Waals surface area contributed by atoms with E-state index in [1.165, 1.54) is 43.2 Å². The number of carbonyl (C=O) groups is 1. The third-order valence-electron chi connectivity index (χ3n) is 9.96. The van der Waals surface area contributed by atoms with E-state index in [2.05, 4.69) is 55.1 Å². The number of piperidine rings is 1. The number of tetrazole rings is 1. The molecule has 5 aliphatic carbocycles. The number of aromatic amines is 1. The Morgan fingerprint density at radius 3 is 2.48 bits per heavy atom. The molecule has 1 aromatic carbocycles. The second-order valence-electron chi connectivity index (χ2n) is 11.7. The molecule has 174 valence electrons. The predicted molar refractivity (Wildman–Crippen MR) is 124 cm³/mol. The molecule has 2 amide bonds. The van der Waals surface area contributed by atoms with Crippen molar-refractivity contribution in [2.45, 2.75) is 75.2 Å². The Bertz CT molecular complexity index is 999. The number of hydrogen-bond acceptors (Lipinski definition) is 4. The van der Waals surface area contributed by atoms with Gasteiger partial charge >= 0.3 is 6.03 Å². The maximum absolute atomic E-state index is 13.3. The first kappa shape index (κ1) is 20.0. The zero-order valence-electron chi connectivity index (χ0n) is 19.2. The van der Waals surface area contributed by atoms with Gasteiger partial charge in [0.2, 0.25) is 0 Å². The number of fused-ring (bicyclic) bond motifs is 2. The van der Waals surface area contributed by atoms with Crippen LogP contribution in [0.4, 0.5) is 4.79 Å². The van der Waals surface area contributed by atoms with E-state index in [0.29, 0.717) is 12.0 Å². The average Bonchev–Trinajstić information content (AvgIpc) is 3.44. The Labute approximate surface area is 195 Å². The molecule has 2 heterocycles. The van der Waals surface area contributed by atoms with Gasteiger partial charge in [0.25, 0.3) is 0 Å². The summed E-state index contributed by atoms with van der Waals surface area (Å²) in [5.74, 6) is 4.64. The number of likely N-dealkylation sites (tertiary alicyclic amines) is 1. The number of aromatic nitrogens is 4. The Hall–Kier alpha value is -2.44. The van der Waals surface area contributed by atoms with Gasteiger partial charge in [0.15, 0.2) is 0 Å². The molecule has 1 atom stereocenters. The normalized spacial score (nSPS) is 35.7. The quantitative estimate of drug-likeness (QED) is 0.751. The maximum atomic E-state index is 13.3. The summed E-state index contributed by atoms with van der Waals surface area (Å²) in [6.45, 7) is 1.70. The molecule has 7 nitrogen and oxygen atoms in total. The molecule has 1 aromatic heterocycles. The molecule has 33 heavy (non-hydrogen) atoms. The summed E-state index contributed by atoms with van der Waals surface area (Å²) in [5.41, 5.74) is 3.11. The molecule has 1 saturated heterocycles. The molecule has 6 aliphatic rings. The molecule has 4 saturated carbocycles. The maximum Gasteiger partial charge on any atom is 0.317 e. The molecule has 2 N–H and O–H groups in total. The van der Waals surface area contributed by atoms with Crippen LogP contribution in [0.3, 0.4) is 0 Å². The number of nitrogens with one attached hydrogen (secondary N) is 2. The van der Waals surface area contributed by atoms with Crippen LogP contribution in [-0.4, -0.2) is 50.7 Å². The zero-order chi connectivity index (χ0) is 22.0. The van der Waals surface area contributed by atoms with E-state index in [-0.39, 0.29) is 11.4 Å². The number of hydrogen-bond donors (Lipinski definition) is 2. The largest absolute Gasteiger partial charge is 0.335 e. The molecule has 4 bridgehead atoms. The van der Waals surface area contributed by atoms with Crippen molar-refractivity contribution >= 4 is 6.03 Å². The van der Waals surface area contributed by atoms with Crippen LogP contribution in [-0.2, 0) is 11.8 Å². The smallest absolute Gasteiger partial charge is 0.317 e. The second kappa shape index (κ2) is 7.54. The first-order valence-corrected chi connectivity index (χ1v) is 13.0. The van der Waals surface area contributed by atoms with Crippen LogP contribution in [0.5, 0.6) is 0 Å². The van der Waals surface area contributed by atoms with Crippen LogP contribution in [0.25, 0.3) is 0 Å². The van der Waals surface area contributed by atoms with Crippen LogP contribution < -0.4 is 5.32 Å². The molecule has 1 spiro atoms. The van der Waals surface area contributed by atoms with Gasteiger partial charge in [-0.2, -0.15) is 0 Å².